The van der Waals surface area contributed by atoms with E-state index in [1.54, 1.807) is 18.9 Å². The number of carbonyl (C=O) groups excluding carboxylic acids is 4. The number of rotatable bonds is 30. The zero-order valence-electron chi connectivity index (χ0n) is 45.5. The first kappa shape index (κ1) is 58.5. The quantitative estimate of drug-likeness (QED) is 0.0319. The van der Waals surface area contributed by atoms with Gasteiger partial charge in [-0.3, -0.25) is 19.2 Å². The first-order chi connectivity index (χ1) is 36.4. The molecule has 1 aliphatic carbocycles. The van der Waals surface area contributed by atoms with E-state index in [4.69, 9.17) is 18.9 Å². The Bertz CT molecular complexity index is 2350. The van der Waals surface area contributed by atoms with Crippen molar-refractivity contribution in [3.05, 3.63) is 130 Å². The highest BCUT2D eigenvalue weighted by Gasteiger charge is 2.43. The van der Waals surface area contributed by atoms with E-state index in [1.807, 2.05) is 73.7 Å². The number of aromatic hydroxyl groups is 1. The first-order valence-electron chi connectivity index (χ1n) is 27.7. The molecule has 6 rings (SSSR count). The molecule has 0 aromatic heterocycles. The van der Waals surface area contributed by atoms with Crippen molar-refractivity contribution in [1.29, 1.82) is 0 Å². The largest absolute Gasteiger partial charge is 0.508 e. The minimum Gasteiger partial charge on any atom is -0.508 e. The van der Waals surface area contributed by atoms with Gasteiger partial charge in [-0.25, -0.2) is 0 Å². The maximum absolute atomic E-state index is 14.5. The third-order valence-electron chi connectivity index (χ3n) is 15.2. The Morgan fingerprint density at radius 3 is 1.83 bits per heavy atom. The third-order valence-corrected chi connectivity index (χ3v) is 15.2. The molecule has 4 amide bonds. The number of amides is 4. The highest BCUT2D eigenvalue weighted by Crippen LogP contribution is 2.43. The number of phenols is 1. The van der Waals surface area contributed by atoms with Crippen molar-refractivity contribution in [1.82, 2.24) is 26.2 Å². The lowest BCUT2D eigenvalue weighted by atomic mass is 9.68. The highest BCUT2D eigenvalue weighted by atomic mass is 16.6. The molecule has 1 aliphatic heterocycles. The molecule has 5 N–H and O–H groups in total. The molecular weight excluding hydrogens is 947 g/mol. The summed E-state index contributed by atoms with van der Waals surface area (Å²) in [6.07, 6.45) is 9.90. The Morgan fingerprint density at radius 2 is 1.25 bits per heavy atom. The van der Waals surface area contributed by atoms with Gasteiger partial charge in [-0.1, -0.05) is 131 Å². The molecule has 0 radical (unpaired) electrons. The molecule has 0 spiro atoms. The molecule has 4 aromatic carbocycles. The highest BCUT2D eigenvalue weighted by molar-refractivity contribution is 5.95. The lowest BCUT2D eigenvalue weighted by Crippen LogP contribution is -2.59. The molecule has 75 heavy (non-hydrogen) atoms. The molecule has 2 aliphatic rings. The van der Waals surface area contributed by atoms with E-state index in [1.165, 1.54) is 11.1 Å². The first-order valence-corrected chi connectivity index (χ1v) is 27.7. The van der Waals surface area contributed by atoms with Gasteiger partial charge in [0.2, 0.25) is 23.6 Å². The molecule has 1 saturated carbocycles. The predicted octanol–water partition coefficient (Wildman–Crippen LogP) is 8.42. The van der Waals surface area contributed by atoms with Crippen LogP contribution < -0.4 is 26.0 Å². The normalized spacial score (nSPS) is 16.3. The standard InChI is InChI=1S/C61H85N5O9/c1-7-30-61(31-8-2,49-26-28-52(67)43(3)41-49)50-27-29-53(44(4)42-50)75-40-39-74-38-37-73-36-35-72-34-32-63-59(70)56(54(46-19-12-9-13-20-46)47-21-14-10-15-22-47)65-58(69)51-25-18-33-66(51)60(71)55(48-23-16-11-17-24-48)64-57(68)45(5)62-6/h9-10,12-15,19-22,26-29,41-42,45,48,51,54-56,62,67H,7-8,11,16-18,23-25,30-40H2,1-6H3,(H,63,70)(H,64,68)(H,65,69)/t45-,51-,55?,56-/m0/s1. The van der Waals surface area contributed by atoms with Crippen molar-refractivity contribution in [2.24, 2.45) is 5.92 Å². The minimum absolute atomic E-state index is 0.0189. The van der Waals surface area contributed by atoms with Crippen LogP contribution in [0.25, 0.3) is 0 Å². The number of ether oxygens (including phenoxy) is 4. The van der Waals surface area contributed by atoms with Crippen molar-refractivity contribution < 1.29 is 43.2 Å². The number of aryl methyl sites for hydroxylation is 2. The van der Waals surface area contributed by atoms with Crippen LogP contribution >= 0.6 is 0 Å². The van der Waals surface area contributed by atoms with E-state index >= 15 is 0 Å². The number of nitrogens with zero attached hydrogens (tertiary/aromatic N) is 1. The Hall–Kier alpha value is -5.80. The monoisotopic (exact) mass is 1030 g/mol. The fraction of sp³-hybridized carbons (Fsp3) is 0.541. The van der Waals surface area contributed by atoms with Crippen LogP contribution in [0.2, 0.25) is 0 Å². The Morgan fingerprint density at radius 1 is 0.680 bits per heavy atom. The molecule has 408 valence electrons. The van der Waals surface area contributed by atoms with Crippen LogP contribution in [0.1, 0.15) is 131 Å². The average Bonchev–Trinajstić information content (AvgIpc) is 3.93. The van der Waals surface area contributed by atoms with E-state index in [0.29, 0.717) is 64.8 Å². The maximum Gasteiger partial charge on any atom is 0.246 e. The van der Waals surface area contributed by atoms with E-state index in [-0.39, 0.29) is 42.2 Å². The third kappa shape index (κ3) is 16.1. The van der Waals surface area contributed by atoms with Crippen LogP contribution in [0.3, 0.4) is 0 Å². The van der Waals surface area contributed by atoms with Gasteiger partial charge in [0.15, 0.2) is 0 Å². The molecule has 14 heteroatoms. The molecule has 4 aromatic rings. The van der Waals surface area contributed by atoms with Crippen molar-refractivity contribution in [3.8, 4) is 11.5 Å². The van der Waals surface area contributed by atoms with Crippen LogP contribution in [0.5, 0.6) is 11.5 Å². The molecule has 0 bridgehead atoms. The van der Waals surface area contributed by atoms with Gasteiger partial charge in [0.05, 0.1) is 45.7 Å². The van der Waals surface area contributed by atoms with Gasteiger partial charge in [-0.2, -0.15) is 0 Å². The van der Waals surface area contributed by atoms with Crippen molar-refractivity contribution >= 4 is 23.6 Å². The van der Waals surface area contributed by atoms with Crippen LogP contribution in [0.4, 0.5) is 0 Å². The number of likely N-dealkylation sites (tertiary alicyclic amines) is 1. The number of hydrogen-bond donors (Lipinski definition) is 5. The summed E-state index contributed by atoms with van der Waals surface area (Å²) in [7, 11) is 1.71. The number of phenolic OH excluding ortho intramolecular Hbond substituents is 1. The number of nitrogens with one attached hydrogen (secondary N) is 4. The average molecular weight is 1030 g/mol. The minimum atomic E-state index is -1.02. The molecule has 1 unspecified atom stereocenters. The predicted molar refractivity (Wildman–Crippen MR) is 294 cm³/mol. The lowest BCUT2D eigenvalue weighted by Gasteiger charge is -2.36. The van der Waals surface area contributed by atoms with Gasteiger partial charge in [-0.15, -0.1) is 0 Å². The second-order valence-corrected chi connectivity index (χ2v) is 20.4. The van der Waals surface area contributed by atoms with Gasteiger partial charge in [0.25, 0.3) is 0 Å². The van der Waals surface area contributed by atoms with Crippen LogP contribution in [-0.4, -0.2) is 124 Å². The Kier molecular flexibility index (Phi) is 23.4. The summed E-state index contributed by atoms with van der Waals surface area (Å²) < 4.78 is 23.5. The van der Waals surface area contributed by atoms with Gasteiger partial charge < -0.3 is 50.2 Å². The number of carbonyl (C=O) groups is 4. The Labute approximate surface area is 446 Å². The topological polar surface area (TPSA) is 177 Å². The number of benzene rings is 4. The molecule has 4 atom stereocenters. The van der Waals surface area contributed by atoms with E-state index < -0.39 is 36.0 Å². The van der Waals surface area contributed by atoms with Crippen LogP contribution in [0, 0.1) is 19.8 Å². The fourth-order valence-electron chi connectivity index (χ4n) is 11.1. The summed E-state index contributed by atoms with van der Waals surface area (Å²) in [6.45, 7) is 13.3. The maximum atomic E-state index is 14.5. The summed E-state index contributed by atoms with van der Waals surface area (Å²) >= 11 is 0. The summed E-state index contributed by atoms with van der Waals surface area (Å²) in [5, 5.41) is 22.4. The van der Waals surface area contributed by atoms with Gasteiger partial charge >= 0.3 is 0 Å². The number of hydrogen-bond acceptors (Lipinski definition) is 10. The lowest BCUT2D eigenvalue weighted by molar-refractivity contribution is -0.143. The SMILES string of the molecule is CCCC(CCC)(c1ccc(O)c(C)c1)c1ccc(OCCOCCOCCOCCNC(=O)[C@@H](NC(=O)[C@@H]2CCCN2C(=O)C(NC(=O)[C@H](C)NC)C2CCCCC2)C(c2ccccc2)c2ccccc2)c(C)c1. The Balaban J connectivity index is 0.972. The van der Waals surface area contributed by atoms with Crippen molar-refractivity contribution in [2.45, 2.75) is 141 Å². The van der Waals surface area contributed by atoms with Gasteiger partial charge in [0, 0.05) is 24.4 Å². The summed E-state index contributed by atoms with van der Waals surface area (Å²) in [4.78, 5) is 58.2. The smallest absolute Gasteiger partial charge is 0.246 e. The number of likely N-dealkylation sites (N-methyl/N-ethyl adjacent to an activating group) is 1. The van der Waals surface area contributed by atoms with Crippen molar-refractivity contribution in [3.63, 3.8) is 0 Å². The molecule has 1 saturated heterocycles. The summed E-state index contributed by atoms with van der Waals surface area (Å²) in [5.74, 6) is -0.683. The summed E-state index contributed by atoms with van der Waals surface area (Å²) in [5.41, 5.74) is 6.01. The molecule has 1 heterocycles. The fourth-order valence-corrected chi connectivity index (χ4v) is 11.1. The molecule has 2 fully saturated rings. The van der Waals surface area contributed by atoms with E-state index in [0.717, 1.165) is 85.8 Å². The molecular formula is C61H85N5O9. The second-order valence-electron chi connectivity index (χ2n) is 20.4. The zero-order valence-corrected chi connectivity index (χ0v) is 45.5. The van der Waals surface area contributed by atoms with Crippen LogP contribution in [-0.2, 0) is 38.8 Å². The van der Waals surface area contributed by atoms with Crippen molar-refractivity contribution in [2.75, 3.05) is 66.4 Å². The van der Waals surface area contributed by atoms with Gasteiger partial charge in [0.1, 0.15) is 36.2 Å². The zero-order chi connectivity index (χ0) is 53.6. The van der Waals surface area contributed by atoms with E-state index in [9.17, 15) is 24.3 Å². The van der Waals surface area contributed by atoms with Crippen LogP contribution in [0.15, 0.2) is 97.1 Å². The second kappa shape index (κ2) is 30.1. The summed E-state index contributed by atoms with van der Waals surface area (Å²) in [6, 6.07) is 28.8. The molecule has 14 nitrogen and oxygen atoms in total. The van der Waals surface area contributed by atoms with E-state index in [2.05, 4.69) is 72.4 Å². The van der Waals surface area contributed by atoms with Gasteiger partial charge in [-0.05, 0) is 118 Å².